The molecule has 0 spiro atoms. The van der Waals surface area contributed by atoms with Crippen LogP contribution in [0.1, 0.15) is 44.6 Å². The number of hydrazine groups is 1. The van der Waals surface area contributed by atoms with E-state index in [1.54, 1.807) is 0 Å². The molecule has 1 aromatic heterocycles. The summed E-state index contributed by atoms with van der Waals surface area (Å²) >= 11 is 0. The van der Waals surface area contributed by atoms with Crippen LogP contribution in [0.5, 0.6) is 0 Å². The van der Waals surface area contributed by atoms with Gasteiger partial charge in [0, 0.05) is 19.2 Å². The van der Waals surface area contributed by atoms with E-state index in [4.69, 9.17) is 5.84 Å². The highest BCUT2D eigenvalue weighted by Crippen LogP contribution is 2.32. The van der Waals surface area contributed by atoms with Crippen LogP contribution in [0.2, 0.25) is 0 Å². The molecule has 1 aliphatic rings. The van der Waals surface area contributed by atoms with Crippen molar-refractivity contribution in [3.63, 3.8) is 0 Å². The van der Waals surface area contributed by atoms with Crippen molar-refractivity contribution in [2.45, 2.75) is 51.0 Å². The van der Waals surface area contributed by atoms with Crippen molar-refractivity contribution in [1.29, 1.82) is 0 Å². The molecule has 0 radical (unpaired) electrons. The van der Waals surface area contributed by atoms with Gasteiger partial charge in [0.15, 0.2) is 0 Å². The number of aromatic nitrogens is 2. The Kier molecular flexibility index (Phi) is 4.77. The predicted molar refractivity (Wildman–Crippen MR) is 80.5 cm³/mol. The second-order valence-electron chi connectivity index (χ2n) is 5.71. The summed E-state index contributed by atoms with van der Waals surface area (Å²) in [4.78, 5) is 10.6. The largest absolute Gasteiger partial charge is 0.388 e. The third kappa shape index (κ3) is 3.19. The Morgan fingerprint density at radius 2 is 2.10 bits per heavy atom. The Labute approximate surface area is 120 Å². The molecule has 20 heavy (non-hydrogen) atoms. The average molecular weight is 279 g/mol. The van der Waals surface area contributed by atoms with E-state index in [9.17, 15) is 5.11 Å². The Morgan fingerprint density at radius 1 is 1.40 bits per heavy atom. The third-order valence-electron chi connectivity index (χ3n) is 3.99. The van der Waals surface area contributed by atoms with Crippen molar-refractivity contribution in [1.82, 2.24) is 9.97 Å². The van der Waals surface area contributed by atoms with E-state index < -0.39 is 5.60 Å². The Bertz CT molecular complexity index is 445. The Hall–Kier alpha value is -1.40. The predicted octanol–water partition coefficient (Wildman–Crippen LogP) is 1.46. The molecular weight excluding hydrogens is 254 g/mol. The maximum atomic E-state index is 10.5. The summed E-state index contributed by atoms with van der Waals surface area (Å²) in [5.74, 6) is 7.06. The first kappa shape index (κ1) is 15.0. The molecule has 0 atom stereocenters. The molecule has 1 aliphatic carbocycles. The fourth-order valence-electron chi connectivity index (χ4n) is 3.04. The van der Waals surface area contributed by atoms with E-state index in [1.165, 1.54) is 6.33 Å². The summed E-state index contributed by atoms with van der Waals surface area (Å²) in [5.41, 5.74) is 3.07. The minimum Gasteiger partial charge on any atom is -0.388 e. The molecule has 112 valence electrons. The minimum atomic E-state index is -0.584. The molecule has 1 saturated carbocycles. The minimum absolute atomic E-state index is 0.584. The van der Waals surface area contributed by atoms with Crippen LogP contribution in [-0.2, 0) is 6.42 Å². The van der Waals surface area contributed by atoms with E-state index in [0.717, 1.165) is 49.9 Å². The fraction of sp³-hybridized carbons (Fsp3) is 0.714. The van der Waals surface area contributed by atoms with Crippen LogP contribution in [-0.4, -0.2) is 34.3 Å². The molecule has 6 nitrogen and oxygen atoms in total. The van der Waals surface area contributed by atoms with Gasteiger partial charge in [0.05, 0.1) is 5.60 Å². The summed E-state index contributed by atoms with van der Waals surface area (Å²) in [6, 6.07) is 0. The van der Waals surface area contributed by atoms with Gasteiger partial charge in [-0.15, -0.1) is 0 Å². The van der Waals surface area contributed by atoms with Gasteiger partial charge in [0.1, 0.15) is 18.0 Å². The first-order valence-corrected chi connectivity index (χ1v) is 7.33. The number of rotatable bonds is 6. The quantitative estimate of drug-likeness (QED) is 0.540. The van der Waals surface area contributed by atoms with Crippen LogP contribution in [0.4, 0.5) is 11.6 Å². The van der Waals surface area contributed by atoms with Gasteiger partial charge in [-0.25, -0.2) is 15.8 Å². The molecule has 0 aliphatic heterocycles. The van der Waals surface area contributed by atoms with Gasteiger partial charge in [0.2, 0.25) is 0 Å². The van der Waals surface area contributed by atoms with Crippen LogP contribution in [0.15, 0.2) is 6.33 Å². The highest BCUT2D eigenvalue weighted by molar-refractivity contribution is 5.58. The van der Waals surface area contributed by atoms with E-state index >= 15 is 0 Å². The maximum absolute atomic E-state index is 10.5. The lowest BCUT2D eigenvalue weighted by Crippen LogP contribution is -2.40. The number of hydrogen-bond acceptors (Lipinski definition) is 6. The molecule has 0 unspecified atom stereocenters. The number of nitrogens with two attached hydrogens (primary N) is 1. The summed E-state index contributed by atoms with van der Waals surface area (Å²) in [7, 11) is 1.97. The van der Waals surface area contributed by atoms with Crippen LogP contribution >= 0.6 is 0 Å². The first-order valence-electron chi connectivity index (χ1n) is 7.33. The monoisotopic (exact) mass is 279 g/mol. The lowest BCUT2D eigenvalue weighted by atomic mass is 10.0. The van der Waals surface area contributed by atoms with Crippen molar-refractivity contribution in [2.24, 2.45) is 5.84 Å². The van der Waals surface area contributed by atoms with E-state index in [-0.39, 0.29) is 0 Å². The smallest absolute Gasteiger partial charge is 0.148 e. The second kappa shape index (κ2) is 6.37. The number of nitrogen functional groups attached to an aromatic ring is 1. The number of nitrogens with one attached hydrogen (secondary N) is 1. The van der Waals surface area contributed by atoms with Gasteiger partial charge in [-0.3, -0.25) is 0 Å². The van der Waals surface area contributed by atoms with Crippen molar-refractivity contribution in [3.05, 3.63) is 11.9 Å². The average Bonchev–Trinajstić information content (AvgIpc) is 2.85. The molecule has 0 amide bonds. The molecule has 0 aromatic carbocycles. The Morgan fingerprint density at radius 3 is 2.70 bits per heavy atom. The standard InChI is InChI=1S/C14H25N5O/c1-3-6-11-12(18-15)16-10-17-13(11)19(2)9-14(20)7-4-5-8-14/h10,20H,3-9,15H2,1-2H3,(H,16,17,18). The van der Waals surface area contributed by atoms with Gasteiger partial charge >= 0.3 is 0 Å². The Balaban J connectivity index is 2.22. The number of hydrogen-bond donors (Lipinski definition) is 3. The van der Waals surface area contributed by atoms with E-state index in [0.29, 0.717) is 12.4 Å². The van der Waals surface area contributed by atoms with Gasteiger partial charge in [-0.2, -0.15) is 0 Å². The number of likely N-dealkylation sites (N-methyl/N-ethyl adjacent to an activating group) is 1. The molecule has 1 heterocycles. The van der Waals surface area contributed by atoms with Gasteiger partial charge in [-0.05, 0) is 19.3 Å². The zero-order valence-electron chi connectivity index (χ0n) is 12.4. The fourth-order valence-corrected chi connectivity index (χ4v) is 3.04. The molecule has 6 heteroatoms. The van der Waals surface area contributed by atoms with E-state index in [1.807, 2.05) is 11.9 Å². The first-order chi connectivity index (χ1) is 9.59. The molecule has 0 bridgehead atoms. The maximum Gasteiger partial charge on any atom is 0.148 e. The number of anilines is 2. The van der Waals surface area contributed by atoms with Crippen molar-refractivity contribution in [2.75, 3.05) is 23.9 Å². The van der Waals surface area contributed by atoms with E-state index in [2.05, 4.69) is 22.3 Å². The molecule has 1 aromatic rings. The lowest BCUT2D eigenvalue weighted by molar-refractivity contribution is 0.0557. The third-order valence-corrected chi connectivity index (χ3v) is 3.99. The SMILES string of the molecule is CCCc1c(NN)ncnc1N(C)CC1(O)CCCC1. The summed E-state index contributed by atoms with van der Waals surface area (Å²) < 4.78 is 0. The zero-order chi connectivity index (χ0) is 14.6. The molecule has 0 saturated heterocycles. The number of aliphatic hydroxyl groups is 1. The molecular formula is C14H25N5O. The van der Waals surface area contributed by atoms with Crippen LogP contribution in [0.3, 0.4) is 0 Å². The van der Waals surface area contributed by atoms with Crippen molar-refractivity contribution in [3.8, 4) is 0 Å². The van der Waals surface area contributed by atoms with Gasteiger partial charge in [0.25, 0.3) is 0 Å². The topological polar surface area (TPSA) is 87.3 Å². The molecule has 2 rings (SSSR count). The van der Waals surface area contributed by atoms with Crippen molar-refractivity contribution >= 4 is 11.6 Å². The zero-order valence-corrected chi connectivity index (χ0v) is 12.4. The van der Waals surface area contributed by atoms with Gasteiger partial charge < -0.3 is 15.4 Å². The highest BCUT2D eigenvalue weighted by Gasteiger charge is 2.33. The number of nitrogens with zero attached hydrogens (tertiary/aromatic N) is 3. The normalized spacial score (nSPS) is 17.2. The second-order valence-corrected chi connectivity index (χ2v) is 5.71. The van der Waals surface area contributed by atoms with Crippen molar-refractivity contribution < 1.29 is 5.11 Å². The highest BCUT2D eigenvalue weighted by atomic mass is 16.3. The summed E-state index contributed by atoms with van der Waals surface area (Å²) in [6.45, 7) is 2.71. The lowest BCUT2D eigenvalue weighted by Gasteiger charge is -2.30. The molecule has 4 N–H and O–H groups in total. The van der Waals surface area contributed by atoms with Gasteiger partial charge in [-0.1, -0.05) is 26.2 Å². The summed E-state index contributed by atoms with van der Waals surface area (Å²) in [6.07, 6.45) is 7.31. The van der Waals surface area contributed by atoms with Crippen LogP contribution < -0.4 is 16.2 Å². The van der Waals surface area contributed by atoms with Crippen LogP contribution in [0.25, 0.3) is 0 Å². The molecule has 1 fully saturated rings. The van der Waals surface area contributed by atoms with Crippen LogP contribution in [0, 0.1) is 0 Å². The summed E-state index contributed by atoms with van der Waals surface area (Å²) in [5, 5.41) is 10.5.